The third kappa shape index (κ3) is 2.83. The Hall–Kier alpha value is -1.47. The molecule has 0 spiro atoms. The van der Waals surface area contributed by atoms with Gasteiger partial charge in [-0.3, -0.25) is 19.7 Å². The molecule has 0 unspecified atom stereocenters. The van der Waals surface area contributed by atoms with Crippen molar-refractivity contribution in [3.63, 3.8) is 0 Å². The van der Waals surface area contributed by atoms with Crippen molar-refractivity contribution in [3.05, 3.63) is 16.1 Å². The number of nitrogens with one attached hydrogen (secondary N) is 1. The Kier molecular flexibility index (Phi) is 4.10. The van der Waals surface area contributed by atoms with Crippen LogP contribution in [0.2, 0.25) is 0 Å². The molecule has 0 atom stereocenters. The van der Waals surface area contributed by atoms with Gasteiger partial charge in [-0.25, -0.2) is 4.98 Å². The van der Waals surface area contributed by atoms with E-state index >= 15 is 0 Å². The van der Waals surface area contributed by atoms with Crippen LogP contribution in [0.1, 0.15) is 24.5 Å². The van der Waals surface area contributed by atoms with E-state index in [2.05, 4.69) is 10.3 Å². The molecule has 0 radical (unpaired) electrons. The maximum Gasteiger partial charge on any atom is 0.252 e. The summed E-state index contributed by atoms with van der Waals surface area (Å²) < 4.78 is 0. The van der Waals surface area contributed by atoms with Crippen molar-refractivity contribution in [2.24, 2.45) is 0 Å². The number of carbonyl (C=O) groups is 3. The second kappa shape index (κ2) is 5.49. The average Bonchev–Trinajstić information content (AvgIpc) is 2.81. The highest BCUT2D eigenvalue weighted by Crippen LogP contribution is 2.20. The number of hydrogen-bond acceptors (Lipinski definition) is 5. The summed E-state index contributed by atoms with van der Waals surface area (Å²) in [6, 6.07) is 0. The lowest BCUT2D eigenvalue weighted by atomic mass is 9.98. The van der Waals surface area contributed by atoms with Crippen LogP contribution in [0, 0.1) is 0 Å². The molecule has 0 aliphatic carbocycles. The zero-order valence-corrected chi connectivity index (χ0v) is 12.7. The Labute approximate surface area is 125 Å². The Balaban J connectivity index is 2.14. The van der Waals surface area contributed by atoms with Gasteiger partial charge in [-0.05, 0) is 13.8 Å². The van der Waals surface area contributed by atoms with Gasteiger partial charge < -0.3 is 4.90 Å². The van der Waals surface area contributed by atoms with Crippen molar-refractivity contribution >= 4 is 40.7 Å². The van der Waals surface area contributed by atoms with Crippen molar-refractivity contribution in [1.82, 2.24) is 15.2 Å². The lowest BCUT2D eigenvalue weighted by Gasteiger charge is -2.40. The third-order valence-corrected chi connectivity index (χ3v) is 4.30. The Morgan fingerprint density at radius 3 is 2.85 bits per heavy atom. The SMILES string of the molecule is CC1(C)C(=O)NC(=O)CN1C(=O)Cc1nc(CCl)cs1. The minimum Gasteiger partial charge on any atom is -0.319 e. The first-order chi connectivity index (χ1) is 9.34. The normalized spacial score (nSPS) is 18.1. The average molecular weight is 316 g/mol. The molecule has 2 heterocycles. The number of halogens is 1. The summed E-state index contributed by atoms with van der Waals surface area (Å²) in [6.45, 7) is 3.10. The monoisotopic (exact) mass is 315 g/mol. The van der Waals surface area contributed by atoms with Gasteiger partial charge in [-0.1, -0.05) is 0 Å². The lowest BCUT2D eigenvalue weighted by Crippen LogP contribution is -2.65. The molecule has 1 aromatic rings. The van der Waals surface area contributed by atoms with E-state index in [0.717, 1.165) is 0 Å². The maximum atomic E-state index is 12.3. The number of rotatable bonds is 3. The second-order valence-corrected chi connectivity index (χ2v) is 6.17. The summed E-state index contributed by atoms with van der Waals surface area (Å²) in [7, 11) is 0. The molecule has 0 aromatic carbocycles. The molecule has 1 fully saturated rings. The number of amides is 3. The van der Waals surface area contributed by atoms with Crippen molar-refractivity contribution in [3.8, 4) is 0 Å². The predicted molar refractivity (Wildman–Crippen MR) is 74.3 cm³/mol. The molecule has 1 aliphatic heterocycles. The van der Waals surface area contributed by atoms with Crippen LogP contribution in [-0.4, -0.2) is 39.7 Å². The highest BCUT2D eigenvalue weighted by molar-refractivity contribution is 7.09. The molecule has 0 bridgehead atoms. The van der Waals surface area contributed by atoms with Crippen LogP contribution in [0.3, 0.4) is 0 Å². The molecular formula is C12H14ClN3O3S. The Morgan fingerprint density at radius 1 is 1.55 bits per heavy atom. The van der Waals surface area contributed by atoms with Gasteiger partial charge in [0, 0.05) is 5.38 Å². The Morgan fingerprint density at radius 2 is 2.25 bits per heavy atom. The van der Waals surface area contributed by atoms with E-state index in [0.29, 0.717) is 16.6 Å². The van der Waals surface area contributed by atoms with Gasteiger partial charge in [0.05, 0.1) is 18.0 Å². The van der Waals surface area contributed by atoms with Crippen molar-refractivity contribution < 1.29 is 14.4 Å². The van der Waals surface area contributed by atoms with Gasteiger partial charge in [0.2, 0.25) is 11.8 Å². The number of hydrogen-bond donors (Lipinski definition) is 1. The minimum atomic E-state index is -1.04. The smallest absolute Gasteiger partial charge is 0.252 e. The molecule has 1 aromatic heterocycles. The summed E-state index contributed by atoms with van der Waals surface area (Å²) in [5.41, 5.74) is -0.330. The van der Waals surface area contributed by atoms with E-state index in [4.69, 9.17) is 11.6 Å². The molecule has 108 valence electrons. The molecule has 0 saturated carbocycles. The van der Waals surface area contributed by atoms with Gasteiger partial charge in [0.15, 0.2) is 0 Å². The number of thiazole rings is 1. The fourth-order valence-corrected chi connectivity index (χ4v) is 2.91. The molecule has 1 aliphatic rings. The summed E-state index contributed by atoms with van der Waals surface area (Å²) >= 11 is 7.00. The first-order valence-electron chi connectivity index (χ1n) is 5.98. The van der Waals surface area contributed by atoms with Crippen molar-refractivity contribution in [2.75, 3.05) is 6.54 Å². The first-order valence-corrected chi connectivity index (χ1v) is 7.40. The van der Waals surface area contributed by atoms with E-state index in [1.54, 1.807) is 19.2 Å². The van der Waals surface area contributed by atoms with Gasteiger partial charge >= 0.3 is 0 Å². The number of alkyl halides is 1. The fraction of sp³-hybridized carbons (Fsp3) is 0.500. The topological polar surface area (TPSA) is 79.4 Å². The number of carbonyl (C=O) groups excluding carboxylic acids is 3. The second-order valence-electron chi connectivity index (χ2n) is 4.96. The first kappa shape index (κ1) is 14.9. The fourth-order valence-electron chi connectivity index (χ4n) is 1.90. The predicted octanol–water partition coefficient (Wildman–Crippen LogP) is 0.688. The zero-order valence-electron chi connectivity index (χ0n) is 11.1. The van der Waals surface area contributed by atoms with E-state index in [1.165, 1.54) is 16.2 Å². The molecule has 8 heteroatoms. The van der Waals surface area contributed by atoms with Crippen LogP contribution in [0.25, 0.3) is 0 Å². The summed E-state index contributed by atoms with van der Waals surface area (Å²) in [5.74, 6) is -0.944. The lowest BCUT2D eigenvalue weighted by molar-refractivity contribution is -0.155. The van der Waals surface area contributed by atoms with E-state index in [9.17, 15) is 14.4 Å². The van der Waals surface area contributed by atoms with Crippen molar-refractivity contribution in [2.45, 2.75) is 31.7 Å². The minimum absolute atomic E-state index is 0.0611. The van der Waals surface area contributed by atoms with Crippen LogP contribution in [-0.2, 0) is 26.7 Å². The van der Waals surface area contributed by atoms with Crippen molar-refractivity contribution in [1.29, 1.82) is 0 Å². The molecule has 1 N–H and O–H groups in total. The van der Waals surface area contributed by atoms with Crippen LogP contribution < -0.4 is 5.32 Å². The third-order valence-electron chi connectivity index (χ3n) is 3.12. The highest BCUT2D eigenvalue weighted by Gasteiger charge is 2.43. The van der Waals surface area contributed by atoms with Crippen LogP contribution in [0.15, 0.2) is 5.38 Å². The largest absolute Gasteiger partial charge is 0.319 e. The van der Waals surface area contributed by atoms with Gasteiger partial charge in [0.25, 0.3) is 5.91 Å². The highest BCUT2D eigenvalue weighted by atomic mass is 35.5. The molecular weight excluding hydrogens is 302 g/mol. The number of aromatic nitrogens is 1. The Bertz CT molecular complexity index is 570. The summed E-state index contributed by atoms with van der Waals surface area (Å²) in [6.07, 6.45) is 0.0611. The maximum absolute atomic E-state index is 12.3. The number of piperazine rings is 1. The van der Waals surface area contributed by atoms with Gasteiger partial charge in [0.1, 0.15) is 17.1 Å². The zero-order chi connectivity index (χ0) is 14.9. The molecule has 2 rings (SSSR count). The molecule has 20 heavy (non-hydrogen) atoms. The van der Waals surface area contributed by atoms with Gasteiger partial charge in [-0.15, -0.1) is 22.9 Å². The van der Waals surface area contributed by atoms with Gasteiger partial charge in [-0.2, -0.15) is 0 Å². The quantitative estimate of drug-likeness (QED) is 0.657. The van der Waals surface area contributed by atoms with Crippen LogP contribution in [0.5, 0.6) is 0 Å². The summed E-state index contributed by atoms with van der Waals surface area (Å²) in [5, 5.41) is 4.64. The van der Waals surface area contributed by atoms with E-state index in [-0.39, 0.29) is 18.9 Å². The van der Waals surface area contributed by atoms with E-state index < -0.39 is 17.4 Å². The van der Waals surface area contributed by atoms with Crippen LogP contribution in [0.4, 0.5) is 0 Å². The van der Waals surface area contributed by atoms with Crippen LogP contribution >= 0.6 is 22.9 Å². The number of nitrogens with zero attached hydrogens (tertiary/aromatic N) is 2. The molecule has 1 saturated heterocycles. The van der Waals surface area contributed by atoms with E-state index in [1.807, 2.05) is 0 Å². The molecule has 3 amide bonds. The number of imide groups is 1. The summed E-state index contributed by atoms with van der Waals surface area (Å²) in [4.78, 5) is 41.0. The molecule has 6 nitrogen and oxygen atoms in total. The standard InChI is InChI=1S/C12H14ClN3O3S/c1-12(2)11(19)15-8(17)5-16(12)10(18)3-9-14-7(4-13)6-20-9/h6H,3-5H2,1-2H3,(H,15,17,19).